The molecule has 0 N–H and O–H groups in total. The zero-order chi connectivity index (χ0) is 32.8. The molecule has 0 radical (unpaired) electrons. The van der Waals surface area contributed by atoms with Crippen molar-refractivity contribution >= 4 is 76.3 Å². The van der Waals surface area contributed by atoms with E-state index in [1.807, 2.05) is 12.3 Å². The summed E-state index contributed by atoms with van der Waals surface area (Å²) in [7, 11) is 0. The molecule has 7 aromatic carbocycles. The molecule has 0 amide bonds. The second-order valence-corrected chi connectivity index (χ2v) is 13.0. The maximum Gasteiger partial charge on any atom is 0.0978 e. The van der Waals surface area contributed by atoms with Gasteiger partial charge in [-0.3, -0.25) is 4.98 Å². The first-order chi connectivity index (χ1) is 24.8. The molecule has 0 bridgehead atoms. The maximum atomic E-state index is 5.11. The third-order valence-corrected chi connectivity index (χ3v) is 10.3. The van der Waals surface area contributed by atoms with Crippen LogP contribution < -0.4 is 0 Å². The number of benzene rings is 7. The fourth-order valence-corrected chi connectivity index (χ4v) is 8.16. The van der Waals surface area contributed by atoms with Gasteiger partial charge in [0.1, 0.15) is 0 Å². The van der Waals surface area contributed by atoms with E-state index in [0.29, 0.717) is 0 Å². The summed E-state index contributed by atoms with van der Waals surface area (Å²) in [6.07, 6.45) is 1.85. The predicted molar refractivity (Wildman–Crippen MR) is 209 cm³/mol. The van der Waals surface area contributed by atoms with Gasteiger partial charge in [0, 0.05) is 60.8 Å². The second-order valence-electron chi connectivity index (χ2n) is 13.0. The molecule has 4 aromatic heterocycles. The summed E-state index contributed by atoms with van der Waals surface area (Å²) in [5.41, 5.74) is 12.3. The zero-order valence-electron chi connectivity index (χ0n) is 27.0. The van der Waals surface area contributed by atoms with Crippen molar-refractivity contribution in [1.82, 2.24) is 19.1 Å². The maximum absolute atomic E-state index is 5.11. The van der Waals surface area contributed by atoms with Crippen molar-refractivity contribution in [2.45, 2.75) is 0 Å². The quantitative estimate of drug-likeness (QED) is 0.143. The Bertz CT molecular complexity index is 3090. The van der Waals surface area contributed by atoms with Gasteiger partial charge in [-0.1, -0.05) is 103 Å². The lowest BCUT2D eigenvalue weighted by Crippen LogP contribution is -1.96. The van der Waals surface area contributed by atoms with Gasteiger partial charge in [-0.2, -0.15) is 0 Å². The van der Waals surface area contributed by atoms with Crippen LogP contribution >= 0.6 is 0 Å². The number of pyridine rings is 2. The van der Waals surface area contributed by atoms with Gasteiger partial charge >= 0.3 is 0 Å². The Morgan fingerprint density at radius 1 is 0.380 bits per heavy atom. The summed E-state index contributed by atoms with van der Waals surface area (Å²) in [5.74, 6) is 0. The summed E-state index contributed by atoms with van der Waals surface area (Å²) in [4.78, 5) is 9.85. The van der Waals surface area contributed by atoms with Gasteiger partial charge in [0.2, 0.25) is 0 Å². The highest BCUT2D eigenvalue weighted by atomic mass is 15.0. The molecule has 0 saturated heterocycles. The number of rotatable bonds is 3. The Hall–Kier alpha value is -6.78. The first-order valence-corrected chi connectivity index (χ1v) is 17.0. The van der Waals surface area contributed by atoms with Crippen molar-refractivity contribution in [2.75, 3.05) is 0 Å². The molecule has 0 spiro atoms. The Kier molecular flexibility index (Phi) is 5.63. The molecule has 4 nitrogen and oxygen atoms in total. The number of nitrogens with zero attached hydrogens (tertiary/aromatic N) is 4. The molecular formula is C46H28N4. The number of hydrogen-bond acceptors (Lipinski definition) is 2. The van der Waals surface area contributed by atoms with Crippen molar-refractivity contribution in [2.24, 2.45) is 0 Å². The topological polar surface area (TPSA) is 35.6 Å². The van der Waals surface area contributed by atoms with E-state index in [4.69, 9.17) is 9.97 Å². The Balaban J connectivity index is 1.11. The third kappa shape index (κ3) is 3.81. The molecule has 0 fully saturated rings. The van der Waals surface area contributed by atoms with Crippen LogP contribution in [0, 0.1) is 0 Å². The average Bonchev–Trinajstić information content (AvgIpc) is 3.70. The highest BCUT2D eigenvalue weighted by Gasteiger charge is 2.18. The first kappa shape index (κ1) is 27.2. The van der Waals surface area contributed by atoms with Crippen molar-refractivity contribution in [3.05, 3.63) is 170 Å². The Labute approximate surface area is 287 Å². The van der Waals surface area contributed by atoms with Gasteiger partial charge in [0.25, 0.3) is 0 Å². The summed E-state index contributed by atoms with van der Waals surface area (Å²) >= 11 is 0. The van der Waals surface area contributed by atoms with Gasteiger partial charge < -0.3 is 9.13 Å². The van der Waals surface area contributed by atoms with Crippen LogP contribution in [0.5, 0.6) is 0 Å². The van der Waals surface area contributed by atoms with Gasteiger partial charge in [-0.05, 0) is 66.2 Å². The number of fused-ring (bicyclic) bond motifs is 10. The van der Waals surface area contributed by atoms with E-state index >= 15 is 0 Å². The second kappa shape index (κ2) is 10.4. The normalized spacial score (nSPS) is 12.0. The average molecular weight is 637 g/mol. The van der Waals surface area contributed by atoms with Crippen molar-refractivity contribution < 1.29 is 0 Å². The minimum absolute atomic E-state index is 0.930. The molecule has 0 aliphatic heterocycles. The van der Waals surface area contributed by atoms with Crippen LogP contribution in [0.1, 0.15) is 0 Å². The highest BCUT2D eigenvalue weighted by molar-refractivity contribution is 6.16. The van der Waals surface area contributed by atoms with Crippen molar-refractivity contribution in [3.8, 4) is 22.5 Å². The molecule has 0 unspecified atom stereocenters. The molecule has 11 rings (SSSR count). The van der Waals surface area contributed by atoms with E-state index in [9.17, 15) is 0 Å². The lowest BCUT2D eigenvalue weighted by Gasteiger charge is -2.14. The van der Waals surface area contributed by atoms with Gasteiger partial charge in [0.15, 0.2) is 0 Å². The van der Waals surface area contributed by atoms with Crippen molar-refractivity contribution in [1.29, 1.82) is 0 Å². The molecule has 0 aliphatic carbocycles. The molecule has 4 heterocycles. The molecule has 50 heavy (non-hydrogen) atoms. The zero-order valence-corrected chi connectivity index (χ0v) is 27.0. The SMILES string of the molecule is c1cnc2c(c1)ccc1c(-c3ccc(-n4c5ccccc5c5cc(-n6c7ccccc7c7ccccc76)ccc54)cc3)c3ccccc3nc12. The van der Waals surface area contributed by atoms with Crippen LogP contribution in [0.25, 0.3) is 98.8 Å². The minimum Gasteiger partial charge on any atom is -0.309 e. The van der Waals surface area contributed by atoms with E-state index in [2.05, 4.69) is 167 Å². The molecular weight excluding hydrogens is 609 g/mol. The van der Waals surface area contributed by atoms with Gasteiger partial charge in [-0.25, -0.2) is 4.98 Å². The minimum atomic E-state index is 0.930. The van der Waals surface area contributed by atoms with E-state index in [0.717, 1.165) is 49.6 Å². The van der Waals surface area contributed by atoms with Crippen LogP contribution in [0.15, 0.2) is 170 Å². The Morgan fingerprint density at radius 3 is 1.68 bits per heavy atom. The molecule has 0 aliphatic rings. The lowest BCUT2D eigenvalue weighted by molar-refractivity contribution is 1.17. The molecule has 4 heteroatoms. The number of hydrogen-bond donors (Lipinski definition) is 0. The lowest BCUT2D eigenvalue weighted by atomic mass is 9.95. The van der Waals surface area contributed by atoms with E-state index in [1.54, 1.807) is 0 Å². The Morgan fingerprint density at radius 2 is 0.960 bits per heavy atom. The van der Waals surface area contributed by atoms with E-state index in [-0.39, 0.29) is 0 Å². The predicted octanol–water partition coefficient (Wildman–Crippen LogP) is 11.8. The fraction of sp³-hybridized carbons (Fsp3) is 0. The summed E-state index contributed by atoms with van der Waals surface area (Å²) in [6.45, 7) is 0. The summed E-state index contributed by atoms with van der Waals surface area (Å²) < 4.78 is 4.79. The van der Waals surface area contributed by atoms with Crippen LogP contribution in [-0.4, -0.2) is 19.1 Å². The fourth-order valence-electron chi connectivity index (χ4n) is 8.16. The molecule has 0 atom stereocenters. The van der Waals surface area contributed by atoms with Crippen LogP contribution in [0.3, 0.4) is 0 Å². The van der Waals surface area contributed by atoms with Crippen LogP contribution in [0.2, 0.25) is 0 Å². The first-order valence-electron chi connectivity index (χ1n) is 17.0. The van der Waals surface area contributed by atoms with Gasteiger partial charge in [0.05, 0.1) is 38.6 Å². The highest BCUT2D eigenvalue weighted by Crippen LogP contribution is 2.40. The molecule has 0 saturated carbocycles. The summed E-state index contributed by atoms with van der Waals surface area (Å²) in [5, 5.41) is 8.34. The summed E-state index contributed by atoms with van der Waals surface area (Å²) in [6, 6.07) is 58.9. The van der Waals surface area contributed by atoms with Crippen LogP contribution in [-0.2, 0) is 0 Å². The van der Waals surface area contributed by atoms with Crippen LogP contribution in [0.4, 0.5) is 0 Å². The number of aromatic nitrogens is 4. The number of para-hydroxylation sites is 4. The molecule has 232 valence electrons. The monoisotopic (exact) mass is 636 g/mol. The standard InChI is InChI=1S/C46H28N4/c1-5-15-39-36(14-1)44(37-25-21-30-10-9-27-47-45(30)46(37)48-39)29-19-22-31(23-20-29)49-42-18-8-4-13-35(42)38-28-32(24-26-43(38)49)50-40-16-6-2-11-33(40)34-12-3-7-17-41(34)50/h1-28H. The smallest absolute Gasteiger partial charge is 0.0978 e. The van der Waals surface area contributed by atoms with E-state index < -0.39 is 0 Å². The van der Waals surface area contributed by atoms with Gasteiger partial charge in [-0.15, -0.1) is 0 Å². The third-order valence-electron chi connectivity index (χ3n) is 10.3. The largest absolute Gasteiger partial charge is 0.309 e. The van der Waals surface area contributed by atoms with Crippen molar-refractivity contribution in [3.63, 3.8) is 0 Å². The molecule has 11 aromatic rings. The van der Waals surface area contributed by atoms with E-state index in [1.165, 1.54) is 49.2 Å².